The molecule has 0 spiro atoms. The fourth-order valence-electron chi connectivity index (χ4n) is 4.23. The van der Waals surface area contributed by atoms with Crippen LogP contribution in [0.2, 0.25) is 0 Å². The average Bonchev–Trinajstić information content (AvgIpc) is 3.34. The van der Waals surface area contributed by atoms with Gasteiger partial charge in [-0.2, -0.15) is 5.10 Å². The number of aliphatic hydroxyl groups is 1. The zero-order valence-corrected chi connectivity index (χ0v) is 18.3. The smallest absolute Gasteiger partial charge is 0.273 e. The van der Waals surface area contributed by atoms with E-state index in [1.165, 1.54) is 12.8 Å². The lowest BCUT2D eigenvalue weighted by atomic mass is 9.95. The number of aliphatic hydroxyl groups excluding tert-OH is 1. The molecule has 0 radical (unpaired) electrons. The Kier molecular flexibility index (Phi) is 6.75. The molecule has 1 amide bonds. The molecule has 3 N–H and O–H groups in total. The molecule has 0 saturated heterocycles. The normalized spacial score (nSPS) is 15.2. The molecule has 1 aliphatic rings. The van der Waals surface area contributed by atoms with E-state index >= 15 is 0 Å². The van der Waals surface area contributed by atoms with Crippen molar-refractivity contribution < 1.29 is 19.7 Å². The Hall–Kier alpha value is -3.32. The number of ether oxygens (including phenoxy) is 1. The number of phenols is 1. The van der Waals surface area contributed by atoms with Crippen LogP contribution in [0.15, 0.2) is 48.5 Å². The van der Waals surface area contributed by atoms with Gasteiger partial charge in [0.05, 0.1) is 19.3 Å². The number of nitrogens with zero attached hydrogens (tertiary/aromatic N) is 2. The predicted molar refractivity (Wildman–Crippen MR) is 122 cm³/mol. The van der Waals surface area contributed by atoms with Crippen LogP contribution in [0.5, 0.6) is 11.5 Å². The molecule has 0 aliphatic carbocycles. The lowest BCUT2D eigenvalue weighted by Gasteiger charge is -2.25. The number of aromatic nitrogens is 2. The van der Waals surface area contributed by atoms with E-state index in [4.69, 9.17) is 4.74 Å². The number of rotatable bonds is 10. The number of para-hydroxylation sites is 1. The Morgan fingerprint density at radius 2 is 1.88 bits per heavy atom. The standard InChI is InChI=1S/C25H29N3O4/c1-2-3-4-7-16-32-18-12-10-17(11-13-18)24-21-22(19-8-5-6-9-20(19)30)26-27-23(21)25(31)28(24)14-15-29/h5-6,8-13,24,29-30H,2-4,7,14-16H2,1H3,(H,26,27)/t24-/m0/s1. The van der Waals surface area contributed by atoms with Gasteiger partial charge in [0.1, 0.15) is 22.9 Å². The first kappa shape index (κ1) is 21.9. The van der Waals surface area contributed by atoms with Crippen molar-refractivity contribution in [3.05, 3.63) is 65.4 Å². The van der Waals surface area contributed by atoms with E-state index in [-0.39, 0.29) is 24.8 Å². The highest BCUT2D eigenvalue weighted by molar-refractivity contribution is 6.00. The van der Waals surface area contributed by atoms with Gasteiger partial charge in [0.15, 0.2) is 0 Å². The molecule has 1 aliphatic heterocycles. The summed E-state index contributed by atoms with van der Waals surface area (Å²) in [4.78, 5) is 14.7. The molecule has 168 valence electrons. The minimum Gasteiger partial charge on any atom is -0.507 e. The van der Waals surface area contributed by atoms with E-state index in [9.17, 15) is 15.0 Å². The van der Waals surface area contributed by atoms with Crippen molar-refractivity contribution in [2.24, 2.45) is 0 Å². The Balaban J connectivity index is 1.64. The molecule has 3 aromatic rings. The minimum atomic E-state index is -0.420. The van der Waals surface area contributed by atoms with Gasteiger partial charge >= 0.3 is 0 Å². The van der Waals surface area contributed by atoms with E-state index in [0.717, 1.165) is 24.2 Å². The lowest BCUT2D eigenvalue weighted by Crippen LogP contribution is -2.32. The summed E-state index contributed by atoms with van der Waals surface area (Å²) < 4.78 is 5.86. The molecular weight excluding hydrogens is 406 g/mol. The number of fused-ring (bicyclic) bond motifs is 1. The van der Waals surface area contributed by atoms with Crippen LogP contribution in [0.25, 0.3) is 11.3 Å². The molecule has 2 aromatic carbocycles. The molecule has 4 rings (SSSR count). The van der Waals surface area contributed by atoms with Crippen LogP contribution in [-0.4, -0.2) is 51.0 Å². The molecule has 0 saturated carbocycles. The first-order valence-electron chi connectivity index (χ1n) is 11.2. The number of unbranched alkanes of at least 4 members (excludes halogenated alkanes) is 3. The number of aromatic amines is 1. The number of benzene rings is 2. The highest BCUT2D eigenvalue weighted by Crippen LogP contribution is 2.44. The highest BCUT2D eigenvalue weighted by Gasteiger charge is 2.42. The number of nitrogens with one attached hydrogen (secondary N) is 1. The molecule has 7 heteroatoms. The number of amides is 1. The molecule has 1 aromatic heterocycles. The maximum atomic E-state index is 13.1. The van der Waals surface area contributed by atoms with Crippen molar-refractivity contribution in [2.75, 3.05) is 19.8 Å². The van der Waals surface area contributed by atoms with Crippen LogP contribution in [0.1, 0.15) is 60.3 Å². The van der Waals surface area contributed by atoms with E-state index in [1.807, 2.05) is 30.3 Å². The van der Waals surface area contributed by atoms with Gasteiger partial charge in [-0.25, -0.2) is 0 Å². The number of carbonyl (C=O) groups excluding carboxylic acids is 1. The summed E-state index contributed by atoms with van der Waals surface area (Å²) in [5.41, 5.74) is 3.08. The first-order chi connectivity index (χ1) is 15.7. The van der Waals surface area contributed by atoms with E-state index < -0.39 is 6.04 Å². The van der Waals surface area contributed by atoms with Gasteiger partial charge < -0.3 is 19.8 Å². The number of hydrogen-bond acceptors (Lipinski definition) is 5. The molecule has 0 bridgehead atoms. The maximum Gasteiger partial charge on any atom is 0.273 e. The van der Waals surface area contributed by atoms with Gasteiger partial charge in [-0.3, -0.25) is 9.89 Å². The van der Waals surface area contributed by atoms with Crippen molar-refractivity contribution in [1.82, 2.24) is 15.1 Å². The summed E-state index contributed by atoms with van der Waals surface area (Å²) in [5.74, 6) is 0.668. The number of carbonyl (C=O) groups is 1. The molecular formula is C25H29N3O4. The van der Waals surface area contributed by atoms with E-state index in [2.05, 4.69) is 17.1 Å². The van der Waals surface area contributed by atoms with Gasteiger partial charge in [-0.15, -0.1) is 0 Å². The van der Waals surface area contributed by atoms with Gasteiger partial charge in [-0.05, 0) is 36.2 Å². The van der Waals surface area contributed by atoms with Crippen LogP contribution >= 0.6 is 0 Å². The molecule has 1 atom stereocenters. The summed E-state index contributed by atoms with van der Waals surface area (Å²) in [6.45, 7) is 2.91. The average molecular weight is 436 g/mol. The second-order valence-corrected chi connectivity index (χ2v) is 7.98. The zero-order chi connectivity index (χ0) is 22.5. The molecule has 0 unspecified atom stereocenters. The lowest BCUT2D eigenvalue weighted by molar-refractivity contribution is 0.0706. The topological polar surface area (TPSA) is 98.7 Å². The summed E-state index contributed by atoms with van der Waals surface area (Å²) in [6, 6.07) is 14.2. The van der Waals surface area contributed by atoms with Gasteiger partial charge in [0.25, 0.3) is 5.91 Å². The Bertz CT molecular complexity index is 1060. The number of aromatic hydroxyl groups is 1. The second kappa shape index (κ2) is 9.87. The van der Waals surface area contributed by atoms with Crippen LogP contribution < -0.4 is 4.74 Å². The quantitative estimate of drug-likeness (QED) is 0.413. The van der Waals surface area contributed by atoms with Gasteiger partial charge in [0.2, 0.25) is 0 Å². The van der Waals surface area contributed by atoms with Crippen molar-refractivity contribution in [3.8, 4) is 22.8 Å². The van der Waals surface area contributed by atoms with Crippen molar-refractivity contribution in [3.63, 3.8) is 0 Å². The molecule has 0 fully saturated rings. The zero-order valence-electron chi connectivity index (χ0n) is 18.3. The number of H-pyrrole nitrogens is 1. The molecule has 32 heavy (non-hydrogen) atoms. The SMILES string of the molecule is CCCCCCOc1ccc([C@H]2c3c(-c4ccccc4O)n[nH]c3C(=O)N2CCO)cc1. The van der Waals surface area contributed by atoms with Crippen LogP contribution in [0.4, 0.5) is 0 Å². The maximum absolute atomic E-state index is 13.1. The van der Waals surface area contributed by atoms with Gasteiger partial charge in [-0.1, -0.05) is 50.5 Å². The van der Waals surface area contributed by atoms with E-state index in [0.29, 0.717) is 29.1 Å². The third-order valence-electron chi connectivity index (χ3n) is 5.83. The summed E-state index contributed by atoms with van der Waals surface area (Å²) in [7, 11) is 0. The van der Waals surface area contributed by atoms with Crippen molar-refractivity contribution >= 4 is 5.91 Å². The summed E-state index contributed by atoms with van der Waals surface area (Å²) >= 11 is 0. The minimum absolute atomic E-state index is 0.0976. The summed E-state index contributed by atoms with van der Waals surface area (Å²) in [5, 5.41) is 27.1. The Morgan fingerprint density at radius 3 is 2.59 bits per heavy atom. The Labute approximate surface area is 187 Å². The predicted octanol–water partition coefficient (Wildman–Crippen LogP) is 4.28. The first-order valence-corrected chi connectivity index (χ1v) is 11.2. The Morgan fingerprint density at radius 1 is 1.09 bits per heavy atom. The van der Waals surface area contributed by atoms with Crippen LogP contribution in [0, 0.1) is 0 Å². The third kappa shape index (κ3) is 4.21. The van der Waals surface area contributed by atoms with Crippen molar-refractivity contribution in [1.29, 1.82) is 0 Å². The number of hydrogen-bond donors (Lipinski definition) is 3. The largest absolute Gasteiger partial charge is 0.507 e. The highest BCUT2D eigenvalue weighted by atomic mass is 16.5. The monoisotopic (exact) mass is 435 g/mol. The molecule has 2 heterocycles. The third-order valence-corrected chi connectivity index (χ3v) is 5.83. The molecule has 7 nitrogen and oxygen atoms in total. The van der Waals surface area contributed by atoms with Gasteiger partial charge in [0, 0.05) is 17.7 Å². The second-order valence-electron chi connectivity index (χ2n) is 7.98. The summed E-state index contributed by atoms with van der Waals surface area (Å²) in [6.07, 6.45) is 4.59. The van der Waals surface area contributed by atoms with Crippen LogP contribution in [0.3, 0.4) is 0 Å². The van der Waals surface area contributed by atoms with E-state index in [1.54, 1.807) is 23.1 Å². The fraction of sp³-hybridized carbons (Fsp3) is 0.360. The van der Waals surface area contributed by atoms with Crippen LogP contribution in [-0.2, 0) is 0 Å². The number of β-amino-alcohol motifs (C(OH)–C–C–N with tert-alkyl or cyclic N) is 1. The number of phenolic OH excluding ortho intramolecular Hbond substituents is 1. The van der Waals surface area contributed by atoms with Crippen molar-refractivity contribution in [2.45, 2.75) is 38.6 Å². The fourth-order valence-corrected chi connectivity index (χ4v) is 4.23.